The molecule has 0 saturated carbocycles. The number of nitrogens with zero attached hydrogens (tertiary/aromatic N) is 4. The lowest BCUT2D eigenvalue weighted by molar-refractivity contribution is 0.0981. The first-order chi connectivity index (χ1) is 8.99. The van der Waals surface area contributed by atoms with E-state index in [1.165, 1.54) is 11.3 Å². The van der Waals surface area contributed by atoms with Gasteiger partial charge in [-0.2, -0.15) is 5.10 Å². The van der Waals surface area contributed by atoms with Gasteiger partial charge in [-0.25, -0.2) is 4.98 Å². The standard InChI is InChI=1S/C12H15BrN4OS/c1-8(2)7-17-9(4-5-15-17)11(18)16(3)12-14-6-10(13)19-12/h4-6,8H,7H2,1-3H3. The van der Waals surface area contributed by atoms with Crippen molar-refractivity contribution < 1.29 is 4.79 Å². The lowest BCUT2D eigenvalue weighted by Gasteiger charge is -2.15. The Labute approximate surface area is 124 Å². The topological polar surface area (TPSA) is 51.0 Å². The number of hydrogen-bond acceptors (Lipinski definition) is 4. The third-order valence-corrected chi connectivity index (χ3v) is 4.08. The number of rotatable bonds is 4. The second-order valence-corrected chi connectivity index (χ2v) is 6.99. The molecule has 0 N–H and O–H groups in total. The zero-order chi connectivity index (χ0) is 14.0. The van der Waals surface area contributed by atoms with Gasteiger partial charge in [0.05, 0.1) is 9.98 Å². The quantitative estimate of drug-likeness (QED) is 0.857. The highest BCUT2D eigenvalue weighted by molar-refractivity contribution is 9.11. The van der Waals surface area contributed by atoms with Crippen molar-refractivity contribution >= 4 is 38.3 Å². The second kappa shape index (κ2) is 5.83. The largest absolute Gasteiger partial charge is 0.286 e. The average Bonchev–Trinajstić information content (AvgIpc) is 2.95. The van der Waals surface area contributed by atoms with Gasteiger partial charge in [0.25, 0.3) is 5.91 Å². The van der Waals surface area contributed by atoms with E-state index in [0.717, 1.165) is 10.3 Å². The summed E-state index contributed by atoms with van der Waals surface area (Å²) in [5.41, 5.74) is 0.586. The third kappa shape index (κ3) is 3.22. The van der Waals surface area contributed by atoms with E-state index in [1.54, 1.807) is 35.1 Å². The van der Waals surface area contributed by atoms with E-state index in [2.05, 4.69) is 39.9 Å². The molecule has 0 unspecified atom stereocenters. The number of anilines is 1. The van der Waals surface area contributed by atoms with Gasteiger partial charge in [-0.1, -0.05) is 25.2 Å². The van der Waals surface area contributed by atoms with Gasteiger partial charge < -0.3 is 0 Å². The fourth-order valence-corrected chi connectivity index (χ4v) is 2.81. The Hall–Kier alpha value is -1.21. The number of hydrogen-bond donors (Lipinski definition) is 0. The summed E-state index contributed by atoms with van der Waals surface area (Å²) in [6.07, 6.45) is 3.34. The van der Waals surface area contributed by atoms with Crippen LogP contribution in [-0.2, 0) is 6.54 Å². The van der Waals surface area contributed by atoms with Gasteiger partial charge in [0, 0.05) is 19.8 Å². The number of thiazole rings is 1. The molecule has 1 amide bonds. The van der Waals surface area contributed by atoms with E-state index < -0.39 is 0 Å². The molecule has 2 aromatic heterocycles. The molecule has 0 aliphatic carbocycles. The molecule has 0 bridgehead atoms. The molecule has 0 aromatic carbocycles. The molecule has 102 valence electrons. The molecule has 0 aliphatic rings. The van der Waals surface area contributed by atoms with E-state index in [0.29, 0.717) is 16.7 Å². The minimum absolute atomic E-state index is 0.0972. The second-order valence-electron chi connectivity index (χ2n) is 4.60. The molecule has 0 saturated heterocycles. The predicted molar refractivity (Wildman–Crippen MR) is 79.6 cm³/mol. The number of amides is 1. The van der Waals surface area contributed by atoms with Crippen LogP contribution in [0, 0.1) is 5.92 Å². The third-order valence-electron chi connectivity index (χ3n) is 2.53. The molecular formula is C12H15BrN4OS. The normalized spacial score (nSPS) is 11.0. The molecular weight excluding hydrogens is 328 g/mol. The van der Waals surface area contributed by atoms with Crippen molar-refractivity contribution in [3.63, 3.8) is 0 Å². The summed E-state index contributed by atoms with van der Waals surface area (Å²) in [6, 6.07) is 1.74. The molecule has 0 atom stereocenters. The number of halogens is 1. The SMILES string of the molecule is CC(C)Cn1nccc1C(=O)N(C)c1ncc(Br)s1. The van der Waals surface area contributed by atoms with E-state index in [1.807, 2.05) is 0 Å². The van der Waals surface area contributed by atoms with Crippen molar-refractivity contribution in [1.82, 2.24) is 14.8 Å². The summed E-state index contributed by atoms with van der Waals surface area (Å²) in [6.45, 7) is 4.92. The molecule has 0 aliphatic heterocycles. The first-order valence-corrected chi connectivity index (χ1v) is 7.51. The Bertz CT molecular complexity index is 578. The van der Waals surface area contributed by atoms with Crippen LogP contribution in [0.4, 0.5) is 5.13 Å². The van der Waals surface area contributed by atoms with Gasteiger partial charge in [0.1, 0.15) is 5.69 Å². The molecule has 2 aromatic rings. The number of carbonyl (C=O) groups excluding carboxylic acids is 1. The lowest BCUT2D eigenvalue weighted by Crippen LogP contribution is -2.29. The van der Waals surface area contributed by atoms with Crippen LogP contribution >= 0.6 is 27.3 Å². The Morgan fingerprint density at radius 3 is 2.89 bits per heavy atom. The Balaban J connectivity index is 2.22. The van der Waals surface area contributed by atoms with Crippen molar-refractivity contribution in [2.24, 2.45) is 5.92 Å². The summed E-state index contributed by atoms with van der Waals surface area (Å²) >= 11 is 4.77. The molecule has 7 heteroatoms. The van der Waals surface area contributed by atoms with Gasteiger partial charge >= 0.3 is 0 Å². The van der Waals surface area contributed by atoms with Gasteiger partial charge in [-0.15, -0.1) is 0 Å². The maximum atomic E-state index is 12.4. The molecule has 5 nitrogen and oxygen atoms in total. The molecule has 0 radical (unpaired) electrons. The molecule has 0 fully saturated rings. The Kier molecular flexibility index (Phi) is 4.36. The predicted octanol–water partition coefficient (Wildman–Crippen LogP) is 3.03. The maximum Gasteiger partial charge on any atom is 0.278 e. The maximum absolute atomic E-state index is 12.4. The van der Waals surface area contributed by atoms with Crippen LogP contribution < -0.4 is 4.90 Å². The van der Waals surface area contributed by atoms with E-state index >= 15 is 0 Å². The minimum Gasteiger partial charge on any atom is -0.286 e. The number of carbonyl (C=O) groups is 1. The fourth-order valence-electron chi connectivity index (χ4n) is 1.67. The minimum atomic E-state index is -0.0972. The van der Waals surface area contributed by atoms with Gasteiger partial charge in [-0.3, -0.25) is 14.4 Å². The Morgan fingerprint density at radius 2 is 2.32 bits per heavy atom. The molecule has 19 heavy (non-hydrogen) atoms. The van der Waals surface area contributed by atoms with Crippen LogP contribution in [0.25, 0.3) is 0 Å². The van der Waals surface area contributed by atoms with Crippen LogP contribution in [0.3, 0.4) is 0 Å². The van der Waals surface area contributed by atoms with Crippen molar-refractivity contribution in [2.75, 3.05) is 11.9 Å². The van der Waals surface area contributed by atoms with Crippen LogP contribution in [0.5, 0.6) is 0 Å². The molecule has 2 rings (SSSR count). The first-order valence-electron chi connectivity index (χ1n) is 5.90. The van der Waals surface area contributed by atoms with E-state index in [9.17, 15) is 4.79 Å². The van der Waals surface area contributed by atoms with Crippen LogP contribution in [0.2, 0.25) is 0 Å². The Morgan fingerprint density at radius 1 is 1.58 bits per heavy atom. The van der Waals surface area contributed by atoms with Crippen molar-refractivity contribution in [2.45, 2.75) is 20.4 Å². The van der Waals surface area contributed by atoms with Crippen LogP contribution in [0.15, 0.2) is 22.2 Å². The van der Waals surface area contributed by atoms with E-state index in [-0.39, 0.29) is 5.91 Å². The zero-order valence-corrected chi connectivity index (χ0v) is 13.4. The highest BCUT2D eigenvalue weighted by Gasteiger charge is 2.20. The molecule has 0 spiro atoms. The highest BCUT2D eigenvalue weighted by atomic mass is 79.9. The van der Waals surface area contributed by atoms with Gasteiger partial charge in [-0.05, 0) is 27.9 Å². The lowest BCUT2D eigenvalue weighted by atomic mass is 10.2. The monoisotopic (exact) mass is 342 g/mol. The highest BCUT2D eigenvalue weighted by Crippen LogP contribution is 2.26. The first kappa shape index (κ1) is 14.2. The van der Waals surface area contributed by atoms with Crippen LogP contribution in [0.1, 0.15) is 24.3 Å². The molecule has 2 heterocycles. The van der Waals surface area contributed by atoms with Crippen molar-refractivity contribution in [1.29, 1.82) is 0 Å². The smallest absolute Gasteiger partial charge is 0.278 e. The summed E-state index contributed by atoms with van der Waals surface area (Å²) in [5, 5.41) is 4.86. The van der Waals surface area contributed by atoms with Crippen LogP contribution in [-0.4, -0.2) is 27.7 Å². The van der Waals surface area contributed by atoms with E-state index in [4.69, 9.17) is 0 Å². The number of aromatic nitrogens is 3. The summed E-state index contributed by atoms with van der Waals surface area (Å²) in [4.78, 5) is 18.2. The average molecular weight is 343 g/mol. The fraction of sp³-hybridized carbons (Fsp3) is 0.417. The van der Waals surface area contributed by atoms with Crippen molar-refractivity contribution in [3.8, 4) is 0 Å². The van der Waals surface area contributed by atoms with Gasteiger partial charge in [0.15, 0.2) is 5.13 Å². The summed E-state index contributed by atoms with van der Waals surface area (Å²) in [5.74, 6) is 0.339. The zero-order valence-electron chi connectivity index (χ0n) is 11.0. The van der Waals surface area contributed by atoms with Crippen molar-refractivity contribution in [3.05, 3.63) is 27.9 Å². The summed E-state index contributed by atoms with van der Waals surface area (Å²) in [7, 11) is 1.72. The van der Waals surface area contributed by atoms with Gasteiger partial charge in [0.2, 0.25) is 0 Å². The summed E-state index contributed by atoms with van der Waals surface area (Å²) < 4.78 is 2.64.